The highest BCUT2D eigenvalue weighted by Crippen LogP contribution is 2.19. The molecule has 3 aromatic carbocycles. The molecule has 32 heavy (non-hydrogen) atoms. The number of nitrogens with one attached hydrogen (secondary N) is 1. The summed E-state index contributed by atoms with van der Waals surface area (Å²) in [6.45, 7) is 5.36. The van der Waals surface area contributed by atoms with E-state index in [-0.39, 0.29) is 5.91 Å². The standard InChI is InChI=1S/C26H27ClN4O/c1-2-20-7-6-8-23(19-20)28-26(29-25(32)21-11-13-22(27)14-12-21)31-17-15-30(16-18-31)24-9-4-3-5-10-24/h3-14,19H,2,15-18H2,1H3,(H,28,29,32). The van der Waals surface area contributed by atoms with E-state index in [0.717, 1.165) is 38.3 Å². The molecule has 164 valence electrons. The Morgan fingerprint density at radius 2 is 1.66 bits per heavy atom. The Bertz CT molecular complexity index is 1070. The number of amides is 1. The molecule has 0 radical (unpaired) electrons. The number of benzene rings is 3. The molecule has 1 N–H and O–H groups in total. The molecule has 0 aliphatic carbocycles. The predicted octanol–water partition coefficient (Wildman–Crippen LogP) is 5.14. The normalized spacial score (nSPS) is 14.4. The summed E-state index contributed by atoms with van der Waals surface area (Å²) in [6.07, 6.45) is 0.936. The van der Waals surface area contributed by atoms with Gasteiger partial charge >= 0.3 is 0 Å². The molecule has 1 aliphatic heterocycles. The Morgan fingerprint density at radius 1 is 0.938 bits per heavy atom. The molecule has 0 bridgehead atoms. The van der Waals surface area contributed by atoms with Crippen molar-refractivity contribution in [2.75, 3.05) is 31.1 Å². The molecular formula is C26H27ClN4O. The van der Waals surface area contributed by atoms with Crippen LogP contribution in [0.4, 0.5) is 11.4 Å². The van der Waals surface area contributed by atoms with E-state index in [1.807, 2.05) is 18.2 Å². The Balaban J connectivity index is 1.55. The molecule has 0 saturated carbocycles. The first-order chi connectivity index (χ1) is 15.6. The maximum Gasteiger partial charge on any atom is 0.257 e. The van der Waals surface area contributed by atoms with Crippen molar-refractivity contribution < 1.29 is 4.79 Å². The second-order valence-electron chi connectivity index (χ2n) is 7.73. The summed E-state index contributed by atoms with van der Waals surface area (Å²) in [5.74, 6) is 0.378. The lowest BCUT2D eigenvalue weighted by Gasteiger charge is -2.37. The van der Waals surface area contributed by atoms with Crippen molar-refractivity contribution in [3.63, 3.8) is 0 Å². The van der Waals surface area contributed by atoms with Crippen LogP contribution in [0.3, 0.4) is 0 Å². The first-order valence-electron chi connectivity index (χ1n) is 10.9. The number of piperazine rings is 1. The maximum absolute atomic E-state index is 12.9. The minimum absolute atomic E-state index is 0.197. The number of carbonyl (C=O) groups is 1. The Hall–Kier alpha value is -3.31. The Morgan fingerprint density at radius 3 is 2.34 bits per heavy atom. The van der Waals surface area contributed by atoms with Crippen LogP contribution in [0.2, 0.25) is 5.02 Å². The zero-order valence-corrected chi connectivity index (χ0v) is 18.9. The van der Waals surface area contributed by atoms with Crippen LogP contribution in [-0.2, 0) is 6.42 Å². The monoisotopic (exact) mass is 446 g/mol. The number of hydrogen-bond acceptors (Lipinski definition) is 3. The van der Waals surface area contributed by atoms with E-state index in [2.05, 4.69) is 58.4 Å². The second-order valence-corrected chi connectivity index (χ2v) is 8.17. The van der Waals surface area contributed by atoms with Crippen LogP contribution in [0.15, 0.2) is 83.9 Å². The van der Waals surface area contributed by atoms with E-state index in [1.165, 1.54) is 11.3 Å². The summed E-state index contributed by atoms with van der Waals surface area (Å²) < 4.78 is 0. The van der Waals surface area contributed by atoms with Crippen LogP contribution in [0.1, 0.15) is 22.8 Å². The van der Waals surface area contributed by atoms with Crippen molar-refractivity contribution in [2.24, 2.45) is 4.99 Å². The number of hydrogen-bond donors (Lipinski definition) is 1. The van der Waals surface area contributed by atoms with Gasteiger partial charge in [0.25, 0.3) is 5.91 Å². The smallest absolute Gasteiger partial charge is 0.257 e. The van der Waals surface area contributed by atoms with Gasteiger partial charge < -0.3 is 9.80 Å². The fourth-order valence-corrected chi connectivity index (χ4v) is 3.86. The molecule has 0 unspecified atom stereocenters. The van der Waals surface area contributed by atoms with Crippen molar-refractivity contribution in [3.8, 4) is 0 Å². The van der Waals surface area contributed by atoms with Gasteiger partial charge in [-0.3, -0.25) is 10.1 Å². The van der Waals surface area contributed by atoms with Gasteiger partial charge in [-0.15, -0.1) is 0 Å². The van der Waals surface area contributed by atoms with Crippen molar-refractivity contribution in [3.05, 3.63) is 95.0 Å². The minimum atomic E-state index is -0.197. The number of aryl methyl sites for hydroxylation is 1. The van der Waals surface area contributed by atoms with Gasteiger partial charge in [0.2, 0.25) is 5.96 Å². The molecule has 1 amide bonds. The number of halogens is 1. The summed E-state index contributed by atoms with van der Waals surface area (Å²) in [5, 5.41) is 3.64. The van der Waals surface area contributed by atoms with Crippen LogP contribution >= 0.6 is 11.6 Å². The van der Waals surface area contributed by atoms with Gasteiger partial charge in [0.15, 0.2) is 0 Å². The summed E-state index contributed by atoms with van der Waals surface area (Å²) in [4.78, 5) is 22.3. The topological polar surface area (TPSA) is 47.9 Å². The van der Waals surface area contributed by atoms with Crippen molar-refractivity contribution in [2.45, 2.75) is 13.3 Å². The minimum Gasteiger partial charge on any atom is -0.368 e. The van der Waals surface area contributed by atoms with Crippen molar-refractivity contribution in [1.29, 1.82) is 0 Å². The van der Waals surface area contributed by atoms with Gasteiger partial charge in [-0.25, -0.2) is 4.99 Å². The van der Waals surface area contributed by atoms with Gasteiger partial charge in [0, 0.05) is 42.5 Å². The van der Waals surface area contributed by atoms with E-state index in [0.29, 0.717) is 16.5 Å². The summed E-state index contributed by atoms with van der Waals surface area (Å²) in [6, 6.07) is 25.4. The summed E-state index contributed by atoms with van der Waals surface area (Å²) in [7, 11) is 0. The van der Waals surface area contributed by atoms with Crippen molar-refractivity contribution >= 4 is 34.8 Å². The zero-order chi connectivity index (χ0) is 22.3. The molecule has 5 nitrogen and oxygen atoms in total. The van der Waals surface area contributed by atoms with Gasteiger partial charge in [0.1, 0.15) is 0 Å². The average Bonchev–Trinajstić information content (AvgIpc) is 2.85. The molecule has 1 aliphatic rings. The number of rotatable bonds is 4. The third-order valence-electron chi connectivity index (χ3n) is 5.59. The SMILES string of the molecule is CCc1cccc(N=C(NC(=O)c2ccc(Cl)cc2)N2CCN(c3ccccc3)CC2)c1. The number of guanidine groups is 1. The Kier molecular flexibility index (Phi) is 7.07. The van der Waals surface area contributed by atoms with Crippen LogP contribution in [0.25, 0.3) is 0 Å². The van der Waals surface area contributed by atoms with Crippen LogP contribution in [-0.4, -0.2) is 42.9 Å². The van der Waals surface area contributed by atoms with Crippen LogP contribution in [0, 0.1) is 0 Å². The van der Waals surface area contributed by atoms with Gasteiger partial charge in [-0.05, 0) is 60.5 Å². The quantitative estimate of drug-likeness (QED) is 0.445. The molecule has 0 aromatic heterocycles. The van der Waals surface area contributed by atoms with Gasteiger partial charge in [0.05, 0.1) is 5.69 Å². The summed E-state index contributed by atoms with van der Waals surface area (Å²) >= 11 is 5.98. The average molecular weight is 447 g/mol. The highest BCUT2D eigenvalue weighted by molar-refractivity contribution is 6.30. The highest BCUT2D eigenvalue weighted by Gasteiger charge is 2.22. The zero-order valence-electron chi connectivity index (χ0n) is 18.2. The predicted molar refractivity (Wildman–Crippen MR) is 132 cm³/mol. The lowest BCUT2D eigenvalue weighted by Crippen LogP contribution is -2.53. The second kappa shape index (κ2) is 10.3. The fraction of sp³-hybridized carbons (Fsp3) is 0.231. The third-order valence-corrected chi connectivity index (χ3v) is 5.84. The lowest BCUT2D eigenvalue weighted by atomic mass is 10.1. The van der Waals surface area contributed by atoms with Gasteiger partial charge in [-0.1, -0.05) is 48.9 Å². The van der Waals surface area contributed by atoms with E-state index in [1.54, 1.807) is 24.3 Å². The molecule has 1 saturated heterocycles. The van der Waals surface area contributed by atoms with Crippen LogP contribution < -0.4 is 10.2 Å². The third kappa shape index (κ3) is 5.48. The molecule has 1 fully saturated rings. The molecule has 4 rings (SSSR count). The lowest BCUT2D eigenvalue weighted by molar-refractivity contribution is 0.0972. The number of anilines is 1. The summed E-state index contributed by atoms with van der Waals surface area (Å²) in [5.41, 5.74) is 3.81. The molecule has 6 heteroatoms. The highest BCUT2D eigenvalue weighted by atomic mass is 35.5. The first kappa shape index (κ1) is 21.9. The van der Waals surface area contributed by atoms with E-state index >= 15 is 0 Å². The Labute approximate surface area is 194 Å². The van der Waals surface area contributed by atoms with Crippen LogP contribution in [0.5, 0.6) is 0 Å². The number of para-hydroxylation sites is 1. The largest absolute Gasteiger partial charge is 0.368 e. The van der Waals surface area contributed by atoms with Gasteiger partial charge in [-0.2, -0.15) is 0 Å². The molecular weight excluding hydrogens is 420 g/mol. The number of nitrogens with zero attached hydrogens (tertiary/aromatic N) is 3. The fourth-order valence-electron chi connectivity index (χ4n) is 3.74. The number of aliphatic imine (C=N–C) groups is 1. The van der Waals surface area contributed by atoms with E-state index in [9.17, 15) is 4.79 Å². The maximum atomic E-state index is 12.9. The van der Waals surface area contributed by atoms with E-state index < -0.39 is 0 Å². The molecule has 3 aromatic rings. The first-order valence-corrected chi connectivity index (χ1v) is 11.3. The number of carbonyl (C=O) groups excluding carboxylic acids is 1. The molecule has 1 heterocycles. The van der Waals surface area contributed by atoms with E-state index in [4.69, 9.17) is 16.6 Å². The molecule has 0 spiro atoms. The van der Waals surface area contributed by atoms with Crippen molar-refractivity contribution in [1.82, 2.24) is 10.2 Å². The molecule has 0 atom stereocenters.